The third-order valence-electron chi connectivity index (χ3n) is 7.12. The summed E-state index contributed by atoms with van der Waals surface area (Å²) in [7, 11) is 1.00. The Labute approximate surface area is 412 Å². The molecule has 0 spiro atoms. The molecule has 0 aliphatic heterocycles. The molecule has 0 bridgehead atoms. The van der Waals surface area contributed by atoms with Gasteiger partial charge in [-0.2, -0.15) is 0 Å². The lowest BCUT2D eigenvalue weighted by Crippen LogP contribution is -2.16. The van der Waals surface area contributed by atoms with Crippen molar-refractivity contribution in [3.8, 4) is 11.1 Å². The topological polar surface area (TPSA) is 83.8 Å². The lowest BCUT2D eigenvalue weighted by molar-refractivity contribution is -0.140. The van der Waals surface area contributed by atoms with Crippen molar-refractivity contribution in [3.63, 3.8) is 0 Å². The minimum absolute atomic E-state index is 0.0569. The van der Waals surface area contributed by atoms with E-state index in [1.807, 2.05) is 84.0 Å². The number of rotatable bonds is 13. The molecule has 1 unspecified atom stereocenters. The van der Waals surface area contributed by atoms with Crippen LogP contribution in [0, 0.1) is 0 Å². The van der Waals surface area contributed by atoms with Crippen molar-refractivity contribution in [3.05, 3.63) is 232 Å². The number of Topliss-reactive ketones (excluding diaryl/α,β-unsaturated/α-hetero) is 1. The number of aliphatic hydroxyl groups is 2. The second-order valence-corrected chi connectivity index (χ2v) is 13.6. The Kier molecular flexibility index (Phi) is 72.0. The SMILES string of the molecule is C=C(C)C.C=C(C)C(C)=O.C=CC.C=CC(=O)OCC(O)CC.C=CCC.C=CCC.C=CCc1cccc(CC=C)c1.CC.CCc1ccccc1.CO.c1ccc(-c2ccccc2)cc1. The first-order valence-corrected chi connectivity index (χ1v) is 23.0. The van der Waals surface area contributed by atoms with Crippen LogP contribution >= 0.6 is 0 Å². The first kappa shape index (κ1) is 75.2. The molecule has 372 valence electrons. The van der Waals surface area contributed by atoms with Crippen LogP contribution in [0.3, 0.4) is 0 Å². The zero-order chi connectivity index (χ0) is 53.1. The Balaban J connectivity index is -0.000000124. The molecule has 2 N–H and O–H groups in total. The molecular weight excluding hydrogens is 825 g/mol. The lowest BCUT2D eigenvalue weighted by atomic mass is 10.1. The van der Waals surface area contributed by atoms with E-state index in [4.69, 9.17) is 10.2 Å². The van der Waals surface area contributed by atoms with Gasteiger partial charge in [0.15, 0.2) is 5.78 Å². The first-order valence-electron chi connectivity index (χ1n) is 23.0. The van der Waals surface area contributed by atoms with E-state index in [0.29, 0.717) is 12.0 Å². The fourth-order valence-electron chi connectivity index (χ4n) is 3.55. The van der Waals surface area contributed by atoms with Gasteiger partial charge in [-0.15, -0.1) is 39.5 Å². The molecule has 0 heterocycles. The van der Waals surface area contributed by atoms with Gasteiger partial charge in [-0.05, 0) is 107 Å². The second kappa shape index (κ2) is 64.1. The smallest absolute Gasteiger partial charge is 0.330 e. The summed E-state index contributed by atoms with van der Waals surface area (Å²) in [6.45, 7) is 49.1. The Morgan fingerprint density at radius 3 is 1.10 bits per heavy atom. The minimum Gasteiger partial charge on any atom is -0.460 e. The van der Waals surface area contributed by atoms with Gasteiger partial charge in [0.25, 0.3) is 0 Å². The molecule has 4 aromatic rings. The molecule has 4 rings (SSSR count). The Hall–Kier alpha value is -6.14. The van der Waals surface area contributed by atoms with E-state index in [-0.39, 0.29) is 12.4 Å². The van der Waals surface area contributed by atoms with Gasteiger partial charge >= 0.3 is 5.97 Å². The number of ketones is 1. The maximum absolute atomic E-state index is 10.4. The van der Waals surface area contributed by atoms with Gasteiger partial charge < -0.3 is 14.9 Å². The van der Waals surface area contributed by atoms with Gasteiger partial charge in [0.2, 0.25) is 0 Å². The molecule has 0 aliphatic carbocycles. The summed E-state index contributed by atoms with van der Waals surface area (Å²) in [5.74, 6) is -0.428. The number of benzene rings is 4. The number of hydrogen-bond donors (Lipinski definition) is 2. The van der Waals surface area contributed by atoms with E-state index in [1.165, 1.54) is 40.3 Å². The van der Waals surface area contributed by atoms with E-state index >= 15 is 0 Å². The maximum Gasteiger partial charge on any atom is 0.330 e. The molecule has 5 heteroatoms. The molecular formula is C62H94O5. The van der Waals surface area contributed by atoms with Crippen LogP contribution in [0.1, 0.15) is 112 Å². The number of esters is 1. The standard InChI is InChI=1S/C12H10.C12H14.C8H10.C7H12O3.C5H8O.3C4H8.C3H6.C2H6.CH4O/c1-3-7-11(8-4-1)12-9-5-2-6-10-12;1-3-6-11-8-5-9-12(10-11)7-4-2;1-2-8-6-4-3-5-7-8;1-3-6(8)5-10-7(9)4-2;1-4(2)5(3)6;1-4(2)3;2*1-3-4-2;1-3-2;2*1-2/h1-10H;3-5,8-10H,1-2,6-7H2;3-7H,2H2,1H3;4,6,8H,2-3,5H2,1H3;1H2,2-3H3;1H2,2-3H3;2*3H,1,4H2,2H3;3H,1H2,2H3;1-2H3;2H,1H3. The van der Waals surface area contributed by atoms with Crippen LogP contribution in [0.25, 0.3) is 11.1 Å². The molecule has 0 saturated carbocycles. The predicted molar refractivity (Wildman–Crippen MR) is 302 cm³/mol. The van der Waals surface area contributed by atoms with E-state index in [2.05, 4.69) is 175 Å². The summed E-state index contributed by atoms with van der Waals surface area (Å²) < 4.78 is 4.54. The Morgan fingerprint density at radius 1 is 0.582 bits per heavy atom. The minimum atomic E-state index is -0.552. The van der Waals surface area contributed by atoms with Crippen LogP contribution in [0.5, 0.6) is 0 Å². The molecule has 0 amide bonds. The molecule has 0 radical (unpaired) electrons. The second-order valence-electron chi connectivity index (χ2n) is 13.6. The lowest BCUT2D eigenvalue weighted by Gasteiger charge is -2.05. The summed E-state index contributed by atoms with van der Waals surface area (Å²) in [6.07, 6.45) is 15.7. The maximum atomic E-state index is 10.4. The van der Waals surface area contributed by atoms with Crippen LogP contribution in [0.4, 0.5) is 0 Å². The largest absolute Gasteiger partial charge is 0.460 e. The van der Waals surface area contributed by atoms with Crippen LogP contribution in [0.15, 0.2) is 215 Å². The highest BCUT2D eigenvalue weighted by Gasteiger charge is 2.02. The van der Waals surface area contributed by atoms with Gasteiger partial charge in [-0.25, -0.2) is 4.79 Å². The number of aliphatic hydroxyl groups excluding tert-OH is 2. The van der Waals surface area contributed by atoms with Crippen molar-refractivity contribution in [2.45, 2.75) is 121 Å². The number of hydrogen-bond acceptors (Lipinski definition) is 5. The average molecular weight is 919 g/mol. The summed E-state index contributed by atoms with van der Waals surface area (Å²) in [4.78, 5) is 20.4. The summed E-state index contributed by atoms with van der Waals surface area (Å²) in [6, 6.07) is 39.8. The first-order chi connectivity index (χ1) is 32.1. The monoisotopic (exact) mass is 919 g/mol. The summed E-state index contributed by atoms with van der Waals surface area (Å²) >= 11 is 0. The van der Waals surface area contributed by atoms with Crippen molar-refractivity contribution >= 4 is 11.8 Å². The molecule has 67 heavy (non-hydrogen) atoms. The van der Waals surface area contributed by atoms with Gasteiger partial charge in [-0.3, -0.25) is 4.79 Å². The predicted octanol–water partition coefficient (Wildman–Crippen LogP) is 17.0. The molecule has 1 atom stereocenters. The molecule has 0 aliphatic rings. The molecule has 0 aromatic heterocycles. The van der Waals surface area contributed by atoms with Gasteiger partial charge in [0.1, 0.15) is 6.61 Å². The highest BCUT2D eigenvalue weighted by Crippen LogP contribution is 2.17. The summed E-state index contributed by atoms with van der Waals surface area (Å²) in [5, 5.41) is 15.9. The normalized spacial score (nSPS) is 8.51. The fraction of sp³-hybridized carbons (Fsp3) is 0.323. The zero-order valence-electron chi connectivity index (χ0n) is 44.2. The quantitative estimate of drug-likeness (QED) is 0.0793. The van der Waals surface area contributed by atoms with Crippen molar-refractivity contribution in [1.82, 2.24) is 0 Å². The molecule has 4 aromatic carbocycles. The zero-order valence-corrected chi connectivity index (χ0v) is 44.2. The van der Waals surface area contributed by atoms with Gasteiger partial charge in [0, 0.05) is 13.2 Å². The van der Waals surface area contributed by atoms with E-state index < -0.39 is 12.1 Å². The number of carbonyl (C=O) groups excluding carboxylic acids is 2. The highest BCUT2D eigenvalue weighted by atomic mass is 16.5. The van der Waals surface area contributed by atoms with E-state index in [1.54, 1.807) is 13.0 Å². The molecule has 5 nitrogen and oxygen atoms in total. The third-order valence-corrected chi connectivity index (χ3v) is 7.12. The van der Waals surface area contributed by atoms with Crippen molar-refractivity contribution < 1.29 is 24.5 Å². The van der Waals surface area contributed by atoms with Gasteiger partial charge in [-0.1, -0.05) is 206 Å². The Bertz CT molecular complexity index is 1650. The third kappa shape index (κ3) is 66.6. The average Bonchev–Trinajstić information content (AvgIpc) is 3.36. The van der Waals surface area contributed by atoms with Crippen LogP contribution in [-0.4, -0.2) is 41.8 Å². The van der Waals surface area contributed by atoms with Crippen LogP contribution in [-0.2, 0) is 33.6 Å². The Morgan fingerprint density at radius 2 is 0.881 bits per heavy atom. The number of carbonyl (C=O) groups is 2. The number of ether oxygens (including phenoxy) is 1. The van der Waals surface area contributed by atoms with Crippen LogP contribution < -0.4 is 0 Å². The molecule has 0 fully saturated rings. The van der Waals surface area contributed by atoms with Gasteiger partial charge in [0.05, 0.1) is 6.10 Å². The van der Waals surface area contributed by atoms with Crippen molar-refractivity contribution in [1.29, 1.82) is 0 Å². The number of aryl methyl sites for hydroxylation is 1. The van der Waals surface area contributed by atoms with Crippen molar-refractivity contribution in [2.24, 2.45) is 0 Å². The fourth-order valence-corrected chi connectivity index (χ4v) is 3.55. The summed E-state index contributed by atoms with van der Waals surface area (Å²) in [5.41, 5.74) is 8.40. The van der Waals surface area contributed by atoms with Crippen molar-refractivity contribution in [2.75, 3.05) is 13.7 Å². The number of allylic oxidation sites excluding steroid dienone is 7. The highest BCUT2D eigenvalue weighted by molar-refractivity contribution is 5.91. The van der Waals surface area contributed by atoms with E-state index in [9.17, 15) is 9.59 Å². The van der Waals surface area contributed by atoms with Crippen LogP contribution in [0.2, 0.25) is 0 Å². The molecule has 0 saturated heterocycles. The van der Waals surface area contributed by atoms with E-state index in [0.717, 1.165) is 45.3 Å².